The summed E-state index contributed by atoms with van der Waals surface area (Å²) in [4.78, 5) is 33.0. The van der Waals surface area contributed by atoms with Crippen LogP contribution >= 0.6 is 23.5 Å². The maximum atomic E-state index is 13.0. The molecule has 170 valence electrons. The second-order valence-corrected chi connectivity index (χ2v) is 9.74. The van der Waals surface area contributed by atoms with Crippen LogP contribution in [0, 0.1) is 13.8 Å². The number of pyridine rings is 1. The Labute approximate surface area is 202 Å². The van der Waals surface area contributed by atoms with Crippen molar-refractivity contribution < 1.29 is 9.59 Å². The van der Waals surface area contributed by atoms with Gasteiger partial charge in [-0.05, 0) is 73.7 Å². The van der Waals surface area contributed by atoms with Crippen LogP contribution in [0.1, 0.15) is 27.2 Å². The molecule has 0 spiro atoms. The molecule has 4 rings (SSSR count). The number of aromatic nitrogens is 1. The molecule has 0 unspecified atom stereocenters. The molecule has 0 bridgehead atoms. The molecule has 33 heavy (non-hydrogen) atoms. The number of nitrogens with zero attached hydrogens (tertiary/aromatic N) is 2. The van der Waals surface area contributed by atoms with E-state index in [1.165, 1.54) is 4.90 Å². The minimum Gasteiger partial charge on any atom is -0.348 e. The summed E-state index contributed by atoms with van der Waals surface area (Å²) in [7, 11) is 0. The monoisotopic (exact) mass is 478 g/mol. The van der Waals surface area contributed by atoms with Crippen LogP contribution in [0.15, 0.2) is 64.5 Å². The third-order valence-electron chi connectivity index (χ3n) is 5.36. The molecular formula is C25H26N4O2S2. The van der Waals surface area contributed by atoms with Gasteiger partial charge in [0.1, 0.15) is 5.03 Å². The van der Waals surface area contributed by atoms with Crippen LogP contribution in [-0.4, -0.2) is 35.5 Å². The average Bonchev–Trinajstić information content (AvgIpc) is 2.82. The molecular weight excluding hydrogens is 452 g/mol. The number of nitrogens with one attached hydrogen (secondary N) is 2. The van der Waals surface area contributed by atoms with Gasteiger partial charge in [-0.25, -0.2) is 9.78 Å². The largest absolute Gasteiger partial charge is 0.348 e. The Bertz CT molecular complexity index is 1160. The molecule has 0 saturated carbocycles. The van der Waals surface area contributed by atoms with Crippen molar-refractivity contribution in [2.75, 3.05) is 28.8 Å². The molecule has 2 aromatic carbocycles. The van der Waals surface area contributed by atoms with Crippen LogP contribution in [0.25, 0.3) is 0 Å². The number of hydrogen-bond acceptors (Lipinski definition) is 5. The van der Waals surface area contributed by atoms with Crippen molar-refractivity contribution in [3.63, 3.8) is 0 Å². The van der Waals surface area contributed by atoms with E-state index >= 15 is 0 Å². The predicted octanol–water partition coefficient (Wildman–Crippen LogP) is 5.49. The van der Waals surface area contributed by atoms with Crippen LogP contribution in [0.4, 0.5) is 16.2 Å². The predicted molar refractivity (Wildman–Crippen MR) is 137 cm³/mol. The molecule has 0 radical (unpaired) electrons. The standard InChI is InChI=1S/C25H26N4O2S2/c1-16-14-17(2)27-24-22(16)29(12-13-33-24)25(31)28-20-8-6-19(7-9-20)23(30)26-15-18-4-10-21(32-3)11-5-18/h4-11,14H,12-13,15H2,1-3H3,(H,26,30)(H,28,31). The molecule has 0 saturated heterocycles. The van der Waals surface area contributed by atoms with E-state index in [9.17, 15) is 9.59 Å². The summed E-state index contributed by atoms with van der Waals surface area (Å²) >= 11 is 3.36. The van der Waals surface area contributed by atoms with Gasteiger partial charge in [-0.15, -0.1) is 23.5 Å². The quantitative estimate of drug-likeness (QED) is 0.474. The first-order valence-corrected chi connectivity index (χ1v) is 12.9. The highest BCUT2D eigenvalue weighted by Crippen LogP contribution is 2.36. The molecule has 2 N–H and O–H groups in total. The van der Waals surface area contributed by atoms with E-state index in [0.717, 1.165) is 33.3 Å². The van der Waals surface area contributed by atoms with Crippen molar-refractivity contribution in [1.82, 2.24) is 10.3 Å². The van der Waals surface area contributed by atoms with Gasteiger partial charge in [0.05, 0.1) is 5.69 Å². The molecule has 8 heteroatoms. The zero-order valence-electron chi connectivity index (χ0n) is 18.8. The Morgan fingerprint density at radius 3 is 2.52 bits per heavy atom. The molecule has 3 amide bonds. The number of aryl methyl sites for hydroxylation is 2. The highest BCUT2D eigenvalue weighted by molar-refractivity contribution is 7.99. The second-order valence-electron chi connectivity index (χ2n) is 7.77. The first-order chi connectivity index (χ1) is 15.9. The van der Waals surface area contributed by atoms with Crippen molar-refractivity contribution in [2.45, 2.75) is 30.3 Å². The molecule has 1 aromatic heterocycles. The molecule has 1 aliphatic heterocycles. The number of benzene rings is 2. The molecule has 6 nitrogen and oxygen atoms in total. The van der Waals surface area contributed by atoms with Gasteiger partial charge in [-0.2, -0.15) is 0 Å². The Balaban J connectivity index is 1.38. The second kappa shape index (κ2) is 10.3. The van der Waals surface area contributed by atoms with E-state index in [2.05, 4.69) is 15.6 Å². The van der Waals surface area contributed by atoms with E-state index < -0.39 is 0 Å². The SMILES string of the molecule is CSc1ccc(CNC(=O)c2ccc(NC(=O)N3CCSc4nc(C)cc(C)c43)cc2)cc1. The van der Waals surface area contributed by atoms with Crippen LogP contribution in [0.2, 0.25) is 0 Å². The number of rotatable bonds is 5. The van der Waals surface area contributed by atoms with E-state index in [4.69, 9.17) is 0 Å². The number of thioether (sulfide) groups is 2. The fourth-order valence-electron chi connectivity index (χ4n) is 3.70. The fourth-order valence-corrected chi connectivity index (χ4v) is 5.19. The lowest BCUT2D eigenvalue weighted by Crippen LogP contribution is -2.39. The minimum absolute atomic E-state index is 0.152. The minimum atomic E-state index is -0.198. The number of carbonyl (C=O) groups is 2. The van der Waals surface area contributed by atoms with Crippen molar-refractivity contribution in [1.29, 1.82) is 0 Å². The van der Waals surface area contributed by atoms with Gasteiger partial charge < -0.3 is 10.6 Å². The molecule has 0 fully saturated rings. The zero-order valence-corrected chi connectivity index (χ0v) is 20.5. The highest BCUT2D eigenvalue weighted by Gasteiger charge is 2.26. The maximum Gasteiger partial charge on any atom is 0.326 e. The summed E-state index contributed by atoms with van der Waals surface area (Å²) in [5, 5.41) is 6.77. The van der Waals surface area contributed by atoms with Crippen LogP contribution in [0.5, 0.6) is 0 Å². The number of amides is 3. The van der Waals surface area contributed by atoms with Crippen LogP contribution in [-0.2, 0) is 6.54 Å². The van der Waals surface area contributed by atoms with Crippen LogP contribution in [0.3, 0.4) is 0 Å². The molecule has 0 aliphatic carbocycles. The number of anilines is 2. The molecule has 0 atom stereocenters. The summed E-state index contributed by atoms with van der Waals surface area (Å²) in [6.07, 6.45) is 2.03. The number of carbonyl (C=O) groups excluding carboxylic acids is 2. The summed E-state index contributed by atoms with van der Waals surface area (Å²) < 4.78 is 0. The smallest absolute Gasteiger partial charge is 0.326 e. The Kier molecular flexibility index (Phi) is 7.25. The highest BCUT2D eigenvalue weighted by atomic mass is 32.2. The van der Waals surface area contributed by atoms with Gasteiger partial charge in [0.25, 0.3) is 5.91 Å². The molecule has 1 aliphatic rings. The summed E-state index contributed by atoms with van der Waals surface area (Å²) in [6.45, 7) is 5.05. The normalized spacial score (nSPS) is 12.8. The van der Waals surface area contributed by atoms with Crippen molar-refractivity contribution in [2.24, 2.45) is 0 Å². The van der Waals surface area contributed by atoms with E-state index in [1.54, 1.807) is 52.7 Å². The third-order valence-corrected chi connectivity index (χ3v) is 7.05. The van der Waals surface area contributed by atoms with Crippen molar-refractivity contribution >= 4 is 46.8 Å². The van der Waals surface area contributed by atoms with Gasteiger partial charge in [0.15, 0.2) is 0 Å². The fraction of sp³-hybridized carbons (Fsp3) is 0.240. The number of fused-ring (bicyclic) bond motifs is 1. The molecule has 3 aromatic rings. The van der Waals surface area contributed by atoms with Crippen LogP contribution < -0.4 is 15.5 Å². The van der Waals surface area contributed by atoms with Gasteiger partial charge >= 0.3 is 6.03 Å². The molecule has 2 heterocycles. The Hall–Kier alpha value is -2.97. The number of hydrogen-bond donors (Lipinski definition) is 2. The van der Waals surface area contributed by atoms with Gasteiger partial charge in [-0.1, -0.05) is 12.1 Å². The topological polar surface area (TPSA) is 74.3 Å². The summed E-state index contributed by atoms with van der Waals surface area (Å²) in [6, 6.07) is 16.9. The average molecular weight is 479 g/mol. The van der Waals surface area contributed by atoms with Crippen molar-refractivity contribution in [3.8, 4) is 0 Å². The lowest BCUT2D eigenvalue weighted by Gasteiger charge is -2.30. The van der Waals surface area contributed by atoms with E-state index in [-0.39, 0.29) is 11.9 Å². The summed E-state index contributed by atoms with van der Waals surface area (Å²) in [5.41, 5.74) is 5.09. The van der Waals surface area contributed by atoms with E-state index in [0.29, 0.717) is 24.3 Å². The third kappa shape index (κ3) is 5.51. The van der Waals surface area contributed by atoms with Gasteiger partial charge in [0.2, 0.25) is 0 Å². The van der Waals surface area contributed by atoms with Crippen molar-refractivity contribution in [3.05, 3.63) is 77.0 Å². The Morgan fingerprint density at radius 2 is 1.82 bits per heavy atom. The number of urea groups is 1. The lowest BCUT2D eigenvalue weighted by atomic mass is 10.1. The van der Waals surface area contributed by atoms with Gasteiger partial charge in [0, 0.05) is 40.7 Å². The van der Waals surface area contributed by atoms with E-state index in [1.807, 2.05) is 50.4 Å². The maximum absolute atomic E-state index is 13.0. The first-order valence-electron chi connectivity index (χ1n) is 10.7. The first kappa shape index (κ1) is 23.2. The zero-order chi connectivity index (χ0) is 23.4. The lowest BCUT2D eigenvalue weighted by molar-refractivity contribution is 0.0951. The Morgan fingerprint density at radius 1 is 1.09 bits per heavy atom. The summed E-state index contributed by atoms with van der Waals surface area (Å²) in [5.74, 6) is 0.649. The van der Waals surface area contributed by atoms with Gasteiger partial charge in [-0.3, -0.25) is 9.69 Å².